The summed E-state index contributed by atoms with van der Waals surface area (Å²) in [4.78, 5) is 13.1. The highest BCUT2D eigenvalue weighted by Gasteiger charge is 2.34. The van der Waals surface area contributed by atoms with Gasteiger partial charge in [0.05, 0.1) is 5.56 Å². The Morgan fingerprint density at radius 3 is 2.78 bits per heavy atom. The van der Waals surface area contributed by atoms with Crippen LogP contribution in [0.2, 0.25) is 0 Å². The number of amides is 1. The second kappa shape index (κ2) is 7.65. The molecule has 8 heteroatoms. The lowest BCUT2D eigenvalue weighted by molar-refractivity contribution is -0.139. The molecule has 23 heavy (non-hydrogen) atoms. The average molecular weight is 332 g/mol. The zero-order valence-electron chi connectivity index (χ0n) is 12.5. The fourth-order valence-corrected chi connectivity index (χ4v) is 2.36. The third-order valence-corrected chi connectivity index (χ3v) is 3.50. The lowest BCUT2D eigenvalue weighted by Crippen LogP contribution is -2.37. The highest BCUT2D eigenvalue weighted by Crippen LogP contribution is 2.35. The van der Waals surface area contributed by atoms with Crippen molar-refractivity contribution in [1.82, 2.24) is 10.2 Å². The van der Waals surface area contributed by atoms with Gasteiger partial charge in [-0.2, -0.15) is 13.2 Å². The molecule has 1 aliphatic rings. The number of alkyl halides is 3. The highest BCUT2D eigenvalue weighted by atomic mass is 19.4. The van der Waals surface area contributed by atoms with Crippen LogP contribution in [-0.2, 0) is 11.0 Å². The lowest BCUT2D eigenvalue weighted by Gasteiger charge is -2.23. The van der Waals surface area contributed by atoms with Crippen molar-refractivity contribution in [2.24, 2.45) is 0 Å². The zero-order chi connectivity index (χ0) is 16.9. The van der Waals surface area contributed by atoms with E-state index in [9.17, 15) is 23.1 Å². The van der Waals surface area contributed by atoms with Crippen LogP contribution in [-0.4, -0.2) is 54.8 Å². The molecular formula is C15H19F3N2O3. The second-order valence-corrected chi connectivity index (χ2v) is 5.36. The summed E-state index contributed by atoms with van der Waals surface area (Å²) in [6.07, 6.45) is -5.10. The van der Waals surface area contributed by atoms with Crippen LogP contribution in [0.3, 0.4) is 0 Å². The molecule has 128 valence electrons. The summed E-state index contributed by atoms with van der Waals surface area (Å²) in [6.45, 7) is 1.57. The third-order valence-electron chi connectivity index (χ3n) is 3.50. The van der Waals surface area contributed by atoms with E-state index in [2.05, 4.69) is 5.32 Å². The SMILES string of the molecule is O=C1CCN(C[C@@H](O)COc2ccccc2C(F)(F)F)CCN1. The van der Waals surface area contributed by atoms with E-state index in [1.165, 1.54) is 18.2 Å². The molecule has 1 heterocycles. The predicted molar refractivity (Wildman–Crippen MR) is 77.0 cm³/mol. The number of nitrogens with zero attached hydrogens (tertiary/aromatic N) is 1. The molecule has 1 aliphatic heterocycles. The van der Waals surface area contributed by atoms with Gasteiger partial charge >= 0.3 is 6.18 Å². The monoisotopic (exact) mass is 332 g/mol. The third kappa shape index (κ3) is 5.40. The number of para-hydroxylation sites is 1. The van der Waals surface area contributed by atoms with Crippen molar-refractivity contribution in [1.29, 1.82) is 0 Å². The predicted octanol–water partition coefficient (Wildman–Crippen LogP) is 1.27. The van der Waals surface area contributed by atoms with Gasteiger partial charge in [0.2, 0.25) is 5.91 Å². The van der Waals surface area contributed by atoms with Crippen LogP contribution in [0, 0.1) is 0 Å². The first kappa shape index (κ1) is 17.6. The van der Waals surface area contributed by atoms with Gasteiger partial charge in [0, 0.05) is 32.6 Å². The molecule has 1 amide bonds. The number of halogens is 3. The number of nitrogens with one attached hydrogen (secondary N) is 1. The van der Waals surface area contributed by atoms with E-state index in [-0.39, 0.29) is 24.8 Å². The Kier molecular flexibility index (Phi) is 5.84. The Morgan fingerprint density at radius 2 is 2.04 bits per heavy atom. The first-order valence-electron chi connectivity index (χ1n) is 7.32. The van der Waals surface area contributed by atoms with Crippen LogP contribution >= 0.6 is 0 Å². The molecule has 0 aliphatic carbocycles. The minimum atomic E-state index is -4.50. The van der Waals surface area contributed by atoms with E-state index >= 15 is 0 Å². The molecule has 2 N–H and O–H groups in total. The van der Waals surface area contributed by atoms with E-state index in [0.29, 0.717) is 26.1 Å². The first-order valence-corrected chi connectivity index (χ1v) is 7.32. The van der Waals surface area contributed by atoms with E-state index in [0.717, 1.165) is 6.07 Å². The van der Waals surface area contributed by atoms with Crippen molar-refractivity contribution in [2.75, 3.05) is 32.8 Å². The number of aliphatic hydroxyl groups is 1. The summed E-state index contributed by atoms with van der Waals surface area (Å²) in [5.41, 5.74) is -0.864. The molecule has 1 aromatic rings. The van der Waals surface area contributed by atoms with Crippen molar-refractivity contribution in [2.45, 2.75) is 18.7 Å². The number of β-amino-alcohol motifs (C(OH)–C–C–N with tert-alkyl or cyclic N) is 1. The van der Waals surface area contributed by atoms with Gasteiger partial charge in [0.25, 0.3) is 0 Å². The van der Waals surface area contributed by atoms with Gasteiger partial charge in [0.15, 0.2) is 0 Å². The van der Waals surface area contributed by atoms with Gasteiger partial charge < -0.3 is 15.2 Å². The summed E-state index contributed by atoms with van der Waals surface area (Å²) >= 11 is 0. The number of rotatable bonds is 5. The number of hydrogen-bond acceptors (Lipinski definition) is 4. The van der Waals surface area contributed by atoms with Crippen LogP contribution in [0.4, 0.5) is 13.2 Å². The van der Waals surface area contributed by atoms with Crippen molar-refractivity contribution >= 4 is 5.91 Å². The van der Waals surface area contributed by atoms with Gasteiger partial charge in [-0.25, -0.2) is 0 Å². The molecule has 2 rings (SSSR count). The Bertz CT molecular complexity index is 537. The minimum absolute atomic E-state index is 0.0441. The zero-order valence-corrected chi connectivity index (χ0v) is 12.5. The maximum Gasteiger partial charge on any atom is 0.419 e. The summed E-state index contributed by atoms with van der Waals surface area (Å²) in [7, 11) is 0. The highest BCUT2D eigenvalue weighted by molar-refractivity contribution is 5.76. The second-order valence-electron chi connectivity index (χ2n) is 5.36. The molecule has 1 saturated heterocycles. The number of ether oxygens (including phenoxy) is 1. The van der Waals surface area contributed by atoms with Gasteiger partial charge in [-0.1, -0.05) is 12.1 Å². The first-order chi connectivity index (χ1) is 10.9. The Balaban J connectivity index is 1.87. The Hall–Kier alpha value is -1.80. The van der Waals surface area contributed by atoms with Crippen LogP contribution in [0.1, 0.15) is 12.0 Å². The number of carbonyl (C=O) groups excluding carboxylic acids is 1. The standard InChI is InChI=1S/C15H19F3N2O3/c16-15(17,18)12-3-1-2-4-13(12)23-10-11(21)9-20-7-5-14(22)19-6-8-20/h1-4,11,21H,5-10H2,(H,19,22)/t11-/m1/s1. The number of carbonyl (C=O) groups is 1. The minimum Gasteiger partial charge on any atom is -0.490 e. The average Bonchev–Trinajstić information content (AvgIpc) is 2.69. The van der Waals surface area contributed by atoms with Crippen molar-refractivity contribution in [3.63, 3.8) is 0 Å². The molecular weight excluding hydrogens is 313 g/mol. The normalized spacial score (nSPS) is 18.2. The maximum atomic E-state index is 12.8. The van der Waals surface area contributed by atoms with E-state index in [1.54, 1.807) is 0 Å². The molecule has 1 fully saturated rings. The molecule has 0 spiro atoms. The fraction of sp³-hybridized carbons (Fsp3) is 0.533. The summed E-state index contributed by atoms with van der Waals surface area (Å²) in [6, 6.07) is 4.90. The number of hydrogen-bond donors (Lipinski definition) is 2. The maximum absolute atomic E-state index is 12.8. The van der Waals surface area contributed by atoms with Crippen LogP contribution in [0.15, 0.2) is 24.3 Å². The number of benzene rings is 1. The van der Waals surface area contributed by atoms with Crippen molar-refractivity contribution in [3.8, 4) is 5.75 Å². The fourth-order valence-electron chi connectivity index (χ4n) is 2.36. The molecule has 5 nitrogen and oxygen atoms in total. The van der Waals surface area contributed by atoms with Crippen molar-refractivity contribution in [3.05, 3.63) is 29.8 Å². The van der Waals surface area contributed by atoms with E-state index < -0.39 is 17.8 Å². The quantitative estimate of drug-likeness (QED) is 0.852. The molecule has 0 bridgehead atoms. The smallest absolute Gasteiger partial charge is 0.419 e. The van der Waals surface area contributed by atoms with Gasteiger partial charge in [-0.3, -0.25) is 9.69 Å². The van der Waals surface area contributed by atoms with Crippen LogP contribution in [0.5, 0.6) is 5.75 Å². The van der Waals surface area contributed by atoms with E-state index in [4.69, 9.17) is 4.74 Å². The molecule has 0 radical (unpaired) electrons. The van der Waals surface area contributed by atoms with Gasteiger partial charge in [0.1, 0.15) is 18.5 Å². The van der Waals surface area contributed by atoms with Gasteiger partial charge in [-0.15, -0.1) is 0 Å². The molecule has 1 aromatic carbocycles. The van der Waals surface area contributed by atoms with Crippen LogP contribution in [0.25, 0.3) is 0 Å². The lowest BCUT2D eigenvalue weighted by atomic mass is 10.2. The molecule has 0 aromatic heterocycles. The number of aliphatic hydroxyl groups excluding tert-OH is 1. The van der Waals surface area contributed by atoms with Gasteiger partial charge in [-0.05, 0) is 12.1 Å². The largest absolute Gasteiger partial charge is 0.490 e. The van der Waals surface area contributed by atoms with E-state index in [1.807, 2.05) is 4.90 Å². The Labute approximate surface area is 132 Å². The van der Waals surface area contributed by atoms with Crippen molar-refractivity contribution < 1.29 is 27.8 Å². The molecule has 1 atom stereocenters. The van der Waals surface area contributed by atoms with Crippen LogP contribution < -0.4 is 10.1 Å². The summed E-state index contributed by atoms with van der Waals surface area (Å²) in [5.74, 6) is -0.343. The summed E-state index contributed by atoms with van der Waals surface area (Å²) < 4.78 is 43.7. The molecule has 0 saturated carbocycles. The topological polar surface area (TPSA) is 61.8 Å². The Morgan fingerprint density at radius 1 is 1.30 bits per heavy atom. The summed E-state index contributed by atoms with van der Waals surface area (Å²) in [5, 5.41) is 12.7. The molecule has 0 unspecified atom stereocenters.